The summed E-state index contributed by atoms with van der Waals surface area (Å²) in [5, 5.41) is 1.49. The highest BCUT2D eigenvalue weighted by molar-refractivity contribution is 7.99. The Kier molecular flexibility index (Phi) is 6.11. The molecule has 2 heterocycles. The van der Waals surface area contributed by atoms with Crippen molar-refractivity contribution in [2.75, 3.05) is 19.5 Å². The number of nitrogens with zero attached hydrogens (tertiary/aromatic N) is 2. The molecule has 0 aliphatic heterocycles. The fourth-order valence-electron chi connectivity index (χ4n) is 2.87. The Bertz CT molecular complexity index is 1010. The number of hydrogen-bond acceptors (Lipinski definition) is 6. The summed E-state index contributed by atoms with van der Waals surface area (Å²) in [6.07, 6.45) is 0. The van der Waals surface area contributed by atoms with Gasteiger partial charge in [0.05, 0.1) is 19.1 Å². The van der Waals surface area contributed by atoms with Crippen molar-refractivity contribution in [2.24, 2.45) is 0 Å². The van der Waals surface area contributed by atoms with Gasteiger partial charge in [-0.05, 0) is 45.4 Å². The Morgan fingerprint density at radius 1 is 1.22 bits per heavy atom. The number of aromatic nitrogens is 2. The van der Waals surface area contributed by atoms with E-state index in [-0.39, 0.29) is 11.6 Å². The third-order valence-corrected chi connectivity index (χ3v) is 6.38. The fourth-order valence-corrected chi connectivity index (χ4v) is 4.88. The Balaban J connectivity index is 1.80. The normalized spacial score (nSPS) is 11.3. The average Bonchev–Trinajstić information content (AvgIpc) is 2.93. The van der Waals surface area contributed by atoms with Gasteiger partial charge in [-0.3, -0.25) is 9.36 Å². The van der Waals surface area contributed by atoms with Crippen molar-refractivity contribution in [1.29, 1.82) is 0 Å². The number of thioether (sulfide) groups is 1. The van der Waals surface area contributed by atoms with Gasteiger partial charge in [-0.1, -0.05) is 23.9 Å². The van der Waals surface area contributed by atoms with E-state index in [9.17, 15) is 4.79 Å². The molecule has 3 rings (SSSR count). The Labute approximate surface area is 167 Å². The zero-order valence-electron chi connectivity index (χ0n) is 16.2. The summed E-state index contributed by atoms with van der Waals surface area (Å²) in [6, 6.07) is 7.63. The lowest BCUT2D eigenvalue weighted by Gasteiger charge is -2.15. The lowest BCUT2D eigenvalue weighted by molar-refractivity contribution is 0.313. The molecule has 3 aromatic rings. The molecule has 7 heteroatoms. The third-order valence-electron chi connectivity index (χ3n) is 4.36. The summed E-state index contributed by atoms with van der Waals surface area (Å²) in [7, 11) is 1.63. The number of benzene rings is 1. The van der Waals surface area contributed by atoms with Gasteiger partial charge in [0, 0.05) is 16.7 Å². The molecule has 0 atom stereocenters. The van der Waals surface area contributed by atoms with Gasteiger partial charge in [-0.25, -0.2) is 4.98 Å². The SMILES string of the molecule is COc1ccccc1OCCSc1nc2sc(C)c(C)c2c(=O)n1C(C)C. The Morgan fingerprint density at radius 2 is 1.93 bits per heavy atom. The predicted molar refractivity (Wildman–Crippen MR) is 113 cm³/mol. The van der Waals surface area contributed by atoms with E-state index in [1.54, 1.807) is 34.8 Å². The van der Waals surface area contributed by atoms with Gasteiger partial charge < -0.3 is 9.47 Å². The highest BCUT2D eigenvalue weighted by Crippen LogP contribution is 2.30. The van der Waals surface area contributed by atoms with Crippen LogP contribution in [0.2, 0.25) is 0 Å². The predicted octanol–water partition coefficient (Wildman–Crippen LogP) is 4.84. The second-order valence-corrected chi connectivity index (χ2v) is 8.74. The lowest BCUT2D eigenvalue weighted by atomic mass is 10.2. The van der Waals surface area contributed by atoms with E-state index in [0.29, 0.717) is 18.1 Å². The van der Waals surface area contributed by atoms with E-state index >= 15 is 0 Å². The standard InChI is InChI=1S/C20H24N2O3S2/c1-12(2)22-19(23)17-13(3)14(4)27-18(17)21-20(22)26-11-10-25-16-9-7-6-8-15(16)24-5/h6-9,12H,10-11H2,1-5H3. The average molecular weight is 405 g/mol. The second-order valence-electron chi connectivity index (χ2n) is 6.47. The van der Waals surface area contributed by atoms with Gasteiger partial charge in [0.2, 0.25) is 0 Å². The Hall–Kier alpha value is -1.99. The first kappa shape index (κ1) is 19.8. The van der Waals surface area contributed by atoms with Gasteiger partial charge in [0.15, 0.2) is 16.7 Å². The molecule has 5 nitrogen and oxygen atoms in total. The lowest BCUT2D eigenvalue weighted by Crippen LogP contribution is -2.25. The van der Waals surface area contributed by atoms with Crippen molar-refractivity contribution in [2.45, 2.75) is 38.9 Å². The molecule has 0 unspecified atom stereocenters. The number of thiophene rings is 1. The van der Waals surface area contributed by atoms with Gasteiger partial charge in [0.1, 0.15) is 4.83 Å². The molecule has 1 aromatic carbocycles. The van der Waals surface area contributed by atoms with Crippen LogP contribution >= 0.6 is 23.1 Å². The summed E-state index contributed by atoms with van der Waals surface area (Å²) in [6.45, 7) is 8.56. The van der Waals surface area contributed by atoms with Crippen molar-refractivity contribution in [3.8, 4) is 11.5 Å². The molecule has 2 aromatic heterocycles. The van der Waals surface area contributed by atoms with Crippen LogP contribution in [0, 0.1) is 13.8 Å². The van der Waals surface area contributed by atoms with Crippen LogP contribution in [0.1, 0.15) is 30.3 Å². The molecule has 0 aliphatic carbocycles. The number of aryl methyl sites for hydroxylation is 2. The molecule has 0 saturated carbocycles. The summed E-state index contributed by atoms with van der Waals surface area (Å²) in [5.41, 5.74) is 1.09. The van der Waals surface area contributed by atoms with Crippen LogP contribution < -0.4 is 15.0 Å². The highest BCUT2D eigenvalue weighted by Gasteiger charge is 2.18. The quantitative estimate of drug-likeness (QED) is 0.321. The smallest absolute Gasteiger partial charge is 0.263 e. The summed E-state index contributed by atoms with van der Waals surface area (Å²) < 4.78 is 12.9. The maximum atomic E-state index is 13.0. The van der Waals surface area contributed by atoms with E-state index in [1.807, 2.05) is 52.0 Å². The topological polar surface area (TPSA) is 53.4 Å². The Morgan fingerprint density at radius 3 is 2.59 bits per heavy atom. The molecule has 0 N–H and O–H groups in total. The number of para-hydroxylation sites is 2. The van der Waals surface area contributed by atoms with Crippen LogP contribution in [-0.4, -0.2) is 29.0 Å². The first-order valence-electron chi connectivity index (χ1n) is 8.85. The zero-order chi connectivity index (χ0) is 19.6. The van der Waals surface area contributed by atoms with E-state index in [1.165, 1.54) is 0 Å². The van der Waals surface area contributed by atoms with E-state index in [0.717, 1.165) is 31.6 Å². The van der Waals surface area contributed by atoms with Crippen molar-refractivity contribution >= 4 is 33.3 Å². The maximum absolute atomic E-state index is 13.0. The van der Waals surface area contributed by atoms with Gasteiger partial charge >= 0.3 is 0 Å². The molecule has 0 radical (unpaired) electrons. The van der Waals surface area contributed by atoms with Crippen LogP contribution in [0.3, 0.4) is 0 Å². The second kappa shape index (κ2) is 8.35. The van der Waals surface area contributed by atoms with Crippen molar-refractivity contribution in [3.63, 3.8) is 0 Å². The highest BCUT2D eigenvalue weighted by atomic mass is 32.2. The largest absolute Gasteiger partial charge is 0.493 e. The van der Waals surface area contributed by atoms with Crippen LogP contribution in [0.5, 0.6) is 11.5 Å². The van der Waals surface area contributed by atoms with Crippen LogP contribution in [0.15, 0.2) is 34.2 Å². The molecule has 0 fully saturated rings. The molecule has 0 aliphatic rings. The van der Waals surface area contributed by atoms with Crippen molar-refractivity contribution in [3.05, 3.63) is 45.1 Å². The van der Waals surface area contributed by atoms with Crippen molar-refractivity contribution in [1.82, 2.24) is 9.55 Å². The fraction of sp³-hybridized carbons (Fsp3) is 0.400. The summed E-state index contributed by atoms with van der Waals surface area (Å²) >= 11 is 3.13. The molecule has 0 amide bonds. The third kappa shape index (κ3) is 3.99. The molecule has 144 valence electrons. The van der Waals surface area contributed by atoms with E-state index in [4.69, 9.17) is 14.5 Å². The van der Waals surface area contributed by atoms with Gasteiger partial charge in [0.25, 0.3) is 5.56 Å². The summed E-state index contributed by atoms with van der Waals surface area (Å²) in [5.74, 6) is 2.12. The number of fused-ring (bicyclic) bond motifs is 1. The minimum atomic E-state index is 0.0463. The van der Waals surface area contributed by atoms with Crippen molar-refractivity contribution < 1.29 is 9.47 Å². The molecule has 0 bridgehead atoms. The molecule has 27 heavy (non-hydrogen) atoms. The first-order valence-corrected chi connectivity index (χ1v) is 10.6. The number of ether oxygens (including phenoxy) is 2. The molecular formula is C20H24N2O3S2. The van der Waals surface area contributed by atoms with Gasteiger partial charge in [-0.2, -0.15) is 0 Å². The molecule has 0 spiro atoms. The van der Waals surface area contributed by atoms with Crippen LogP contribution in [0.25, 0.3) is 10.2 Å². The summed E-state index contributed by atoms with van der Waals surface area (Å²) in [4.78, 5) is 19.8. The van der Waals surface area contributed by atoms with E-state index in [2.05, 4.69) is 0 Å². The molecule has 0 saturated heterocycles. The van der Waals surface area contributed by atoms with Gasteiger partial charge in [-0.15, -0.1) is 11.3 Å². The van der Waals surface area contributed by atoms with Crippen LogP contribution in [-0.2, 0) is 0 Å². The minimum absolute atomic E-state index is 0.0463. The van der Waals surface area contributed by atoms with E-state index < -0.39 is 0 Å². The number of hydrogen-bond donors (Lipinski definition) is 0. The number of rotatable bonds is 7. The molecular weight excluding hydrogens is 380 g/mol. The minimum Gasteiger partial charge on any atom is -0.493 e. The zero-order valence-corrected chi connectivity index (χ0v) is 17.9. The maximum Gasteiger partial charge on any atom is 0.263 e. The van der Waals surface area contributed by atoms with Crippen LogP contribution in [0.4, 0.5) is 0 Å². The monoisotopic (exact) mass is 404 g/mol. The first-order chi connectivity index (χ1) is 12.9. The number of methoxy groups -OCH3 is 1.